The van der Waals surface area contributed by atoms with Crippen LogP contribution in [0.15, 0.2) is 83.8 Å². The Morgan fingerprint density at radius 1 is 0.906 bits per heavy atom. The highest BCUT2D eigenvalue weighted by atomic mass is 35.5. The van der Waals surface area contributed by atoms with Crippen LogP contribution in [-0.4, -0.2) is 15.9 Å². The molecule has 0 atom stereocenters. The summed E-state index contributed by atoms with van der Waals surface area (Å²) in [7, 11) is 0. The molecule has 8 heteroatoms. The van der Waals surface area contributed by atoms with Crippen LogP contribution in [0.1, 0.15) is 15.9 Å². The largest absolute Gasteiger partial charge is 0.489 e. The number of amides is 1. The van der Waals surface area contributed by atoms with Crippen LogP contribution in [0, 0.1) is 0 Å². The lowest BCUT2D eigenvalue weighted by Gasteiger charge is -2.09. The maximum absolute atomic E-state index is 12.5. The van der Waals surface area contributed by atoms with Crippen molar-refractivity contribution in [2.75, 3.05) is 5.32 Å². The van der Waals surface area contributed by atoms with E-state index in [9.17, 15) is 9.59 Å². The summed E-state index contributed by atoms with van der Waals surface area (Å²) in [4.78, 5) is 31.7. The van der Waals surface area contributed by atoms with E-state index in [0.717, 1.165) is 5.56 Å². The molecule has 4 aromatic rings. The SMILES string of the molecule is O=C(Nc1ccc(OCc2ccc(Cl)cc2)cc1)c1cnc(-c2ccc(Cl)cc2)[nH]c1=O. The van der Waals surface area contributed by atoms with Crippen LogP contribution >= 0.6 is 23.2 Å². The molecule has 0 aliphatic carbocycles. The molecule has 0 unspecified atom stereocenters. The first-order valence-corrected chi connectivity index (χ1v) is 10.4. The van der Waals surface area contributed by atoms with Crippen LogP contribution < -0.4 is 15.6 Å². The Bertz CT molecular complexity index is 1290. The summed E-state index contributed by atoms with van der Waals surface area (Å²) in [6.07, 6.45) is 1.25. The molecule has 0 aliphatic heterocycles. The number of carbonyl (C=O) groups is 1. The number of aromatic nitrogens is 2. The Labute approximate surface area is 193 Å². The van der Waals surface area contributed by atoms with Crippen molar-refractivity contribution in [3.05, 3.63) is 111 Å². The van der Waals surface area contributed by atoms with Gasteiger partial charge in [0.1, 0.15) is 23.7 Å². The van der Waals surface area contributed by atoms with Crippen molar-refractivity contribution < 1.29 is 9.53 Å². The van der Waals surface area contributed by atoms with Gasteiger partial charge in [-0.3, -0.25) is 9.59 Å². The topological polar surface area (TPSA) is 84.1 Å². The van der Waals surface area contributed by atoms with Crippen LogP contribution in [-0.2, 0) is 6.61 Å². The normalized spacial score (nSPS) is 10.6. The first-order valence-electron chi connectivity index (χ1n) is 9.62. The predicted molar refractivity (Wildman–Crippen MR) is 125 cm³/mol. The average molecular weight is 466 g/mol. The van der Waals surface area contributed by atoms with Crippen LogP contribution in [0.4, 0.5) is 5.69 Å². The molecule has 1 heterocycles. The van der Waals surface area contributed by atoms with Gasteiger partial charge in [-0.1, -0.05) is 35.3 Å². The fourth-order valence-corrected chi connectivity index (χ4v) is 3.14. The Hall–Kier alpha value is -3.61. The van der Waals surface area contributed by atoms with E-state index in [0.29, 0.717) is 39.5 Å². The number of hydrogen-bond acceptors (Lipinski definition) is 4. The molecule has 6 nitrogen and oxygen atoms in total. The van der Waals surface area contributed by atoms with Crippen molar-refractivity contribution in [3.8, 4) is 17.1 Å². The number of H-pyrrole nitrogens is 1. The zero-order valence-corrected chi connectivity index (χ0v) is 18.2. The maximum atomic E-state index is 12.5. The summed E-state index contributed by atoms with van der Waals surface area (Å²) >= 11 is 11.8. The van der Waals surface area contributed by atoms with Crippen LogP contribution in [0.3, 0.4) is 0 Å². The maximum Gasteiger partial charge on any atom is 0.264 e. The molecule has 32 heavy (non-hydrogen) atoms. The fraction of sp³-hybridized carbons (Fsp3) is 0.0417. The smallest absolute Gasteiger partial charge is 0.264 e. The number of carbonyl (C=O) groups excluding carboxylic acids is 1. The monoisotopic (exact) mass is 465 g/mol. The molecule has 3 aromatic carbocycles. The molecule has 1 aromatic heterocycles. The molecule has 2 N–H and O–H groups in total. The zero-order valence-electron chi connectivity index (χ0n) is 16.6. The van der Waals surface area contributed by atoms with Gasteiger partial charge in [-0.25, -0.2) is 4.98 Å². The van der Waals surface area contributed by atoms with Gasteiger partial charge in [-0.05, 0) is 66.2 Å². The van der Waals surface area contributed by atoms with Crippen molar-refractivity contribution in [2.45, 2.75) is 6.61 Å². The number of benzene rings is 3. The quantitative estimate of drug-likeness (QED) is 0.389. The van der Waals surface area contributed by atoms with Gasteiger partial charge >= 0.3 is 0 Å². The van der Waals surface area contributed by atoms with Crippen LogP contribution in [0.2, 0.25) is 10.0 Å². The lowest BCUT2D eigenvalue weighted by molar-refractivity contribution is 0.102. The predicted octanol–water partition coefficient (Wildman–Crippen LogP) is 5.58. The van der Waals surface area contributed by atoms with Gasteiger partial charge in [0.05, 0.1) is 0 Å². The summed E-state index contributed by atoms with van der Waals surface area (Å²) in [5, 5.41) is 3.93. The van der Waals surface area contributed by atoms with E-state index in [-0.39, 0.29) is 5.56 Å². The van der Waals surface area contributed by atoms with Gasteiger partial charge in [-0.15, -0.1) is 0 Å². The number of nitrogens with one attached hydrogen (secondary N) is 2. The van der Waals surface area contributed by atoms with Crippen molar-refractivity contribution >= 4 is 34.8 Å². The highest BCUT2D eigenvalue weighted by Gasteiger charge is 2.13. The van der Waals surface area contributed by atoms with E-state index < -0.39 is 11.5 Å². The number of halogens is 2. The molecular weight excluding hydrogens is 449 g/mol. The number of nitrogens with zero attached hydrogens (tertiary/aromatic N) is 1. The minimum Gasteiger partial charge on any atom is -0.489 e. The molecule has 0 aliphatic rings. The molecule has 0 radical (unpaired) electrons. The Balaban J connectivity index is 1.39. The third-order valence-corrected chi connectivity index (χ3v) is 5.10. The van der Waals surface area contributed by atoms with Crippen LogP contribution in [0.5, 0.6) is 5.75 Å². The number of anilines is 1. The molecule has 0 bridgehead atoms. The van der Waals surface area contributed by atoms with E-state index >= 15 is 0 Å². The number of aromatic amines is 1. The molecule has 0 saturated carbocycles. The molecule has 160 valence electrons. The summed E-state index contributed by atoms with van der Waals surface area (Å²) in [6.45, 7) is 0.393. The van der Waals surface area contributed by atoms with E-state index in [1.807, 2.05) is 12.1 Å². The molecular formula is C24H17Cl2N3O3. The Kier molecular flexibility index (Phi) is 6.54. The molecule has 0 fully saturated rings. The lowest BCUT2D eigenvalue weighted by Crippen LogP contribution is -2.24. The van der Waals surface area contributed by atoms with Crippen molar-refractivity contribution in [3.63, 3.8) is 0 Å². The van der Waals surface area contributed by atoms with Crippen molar-refractivity contribution in [2.24, 2.45) is 0 Å². The lowest BCUT2D eigenvalue weighted by atomic mass is 10.2. The van der Waals surface area contributed by atoms with Gasteiger partial charge in [0.15, 0.2) is 0 Å². The van der Waals surface area contributed by atoms with Gasteiger partial charge < -0.3 is 15.0 Å². The summed E-state index contributed by atoms with van der Waals surface area (Å²) < 4.78 is 5.73. The fourth-order valence-electron chi connectivity index (χ4n) is 2.89. The first kappa shape index (κ1) is 21.6. The zero-order chi connectivity index (χ0) is 22.5. The Morgan fingerprint density at radius 2 is 1.53 bits per heavy atom. The third kappa shape index (κ3) is 5.35. The van der Waals surface area contributed by atoms with E-state index in [1.54, 1.807) is 60.7 Å². The standard InChI is InChI=1S/C24H17Cl2N3O3/c25-17-5-1-15(2-6-17)14-32-20-11-9-19(10-12-20)28-23(30)21-13-27-22(29-24(21)31)16-3-7-18(26)8-4-16/h1-13H,14H2,(H,28,30)(H,27,29,31). The molecule has 0 spiro atoms. The average Bonchev–Trinajstić information content (AvgIpc) is 2.80. The minimum absolute atomic E-state index is 0.0919. The molecule has 0 saturated heterocycles. The van der Waals surface area contributed by atoms with Gasteiger partial charge in [0, 0.05) is 27.5 Å². The van der Waals surface area contributed by atoms with E-state index in [2.05, 4.69) is 15.3 Å². The second-order valence-electron chi connectivity index (χ2n) is 6.88. The van der Waals surface area contributed by atoms with E-state index in [1.165, 1.54) is 6.20 Å². The van der Waals surface area contributed by atoms with Crippen molar-refractivity contribution in [1.29, 1.82) is 0 Å². The van der Waals surface area contributed by atoms with Gasteiger partial charge in [-0.2, -0.15) is 0 Å². The summed E-state index contributed by atoms with van der Waals surface area (Å²) in [5.41, 5.74) is 1.57. The Morgan fingerprint density at radius 3 is 2.16 bits per heavy atom. The van der Waals surface area contributed by atoms with E-state index in [4.69, 9.17) is 27.9 Å². The molecule has 4 rings (SSSR count). The third-order valence-electron chi connectivity index (χ3n) is 4.59. The summed E-state index contributed by atoms with van der Waals surface area (Å²) in [5.74, 6) is 0.437. The second-order valence-corrected chi connectivity index (χ2v) is 7.75. The number of rotatable bonds is 6. The minimum atomic E-state index is -0.559. The number of hydrogen-bond donors (Lipinski definition) is 2. The van der Waals surface area contributed by atoms with Gasteiger partial charge in [0.25, 0.3) is 11.5 Å². The summed E-state index contributed by atoms with van der Waals surface area (Å²) in [6, 6.07) is 21.1. The van der Waals surface area contributed by atoms with Crippen LogP contribution in [0.25, 0.3) is 11.4 Å². The number of ether oxygens (including phenoxy) is 1. The van der Waals surface area contributed by atoms with Gasteiger partial charge in [0.2, 0.25) is 0 Å². The highest BCUT2D eigenvalue weighted by Crippen LogP contribution is 2.19. The molecule has 1 amide bonds. The van der Waals surface area contributed by atoms with Crippen molar-refractivity contribution in [1.82, 2.24) is 9.97 Å². The second kappa shape index (κ2) is 9.68. The highest BCUT2D eigenvalue weighted by molar-refractivity contribution is 6.30. The first-order chi connectivity index (χ1) is 15.5.